The number of sulfonamides is 1. The third kappa shape index (κ3) is 4.45. The van der Waals surface area contributed by atoms with Crippen LogP contribution in [0.4, 0.5) is 5.69 Å². The minimum Gasteiger partial charge on any atom is -0.271 e. The van der Waals surface area contributed by atoms with Gasteiger partial charge >= 0.3 is 0 Å². The summed E-state index contributed by atoms with van der Waals surface area (Å²) in [5.41, 5.74) is 3.63. The van der Waals surface area contributed by atoms with Gasteiger partial charge in [-0.05, 0) is 37.8 Å². The summed E-state index contributed by atoms with van der Waals surface area (Å²) in [7, 11) is -3.63. The van der Waals surface area contributed by atoms with Gasteiger partial charge in [-0.25, -0.2) is 13.8 Å². The smallest absolute Gasteiger partial charge is 0.260 e. The lowest BCUT2D eigenvalue weighted by Crippen LogP contribution is -2.39. The molecule has 1 aromatic carbocycles. The molecule has 1 fully saturated rings. The van der Waals surface area contributed by atoms with Crippen LogP contribution in [0.25, 0.3) is 0 Å². The minimum absolute atomic E-state index is 0.267. The van der Waals surface area contributed by atoms with Crippen molar-refractivity contribution in [3.8, 4) is 0 Å². The van der Waals surface area contributed by atoms with E-state index in [0.29, 0.717) is 0 Å². The Hall–Kier alpha value is -1.60. The molecule has 0 unspecified atom stereocenters. The lowest BCUT2D eigenvalue weighted by molar-refractivity contribution is -0.119. The van der Waals surface area contributed by atoms with E-state index in [4.69, 9.17) is 11.6 Å². The molecule has 1 aliphatic carbocycles. The first kappa shape index (κ1) is 16.8. The number of para-hydroxylation sites is 1. The van der Waals surface area contributed by atoms with Gasteiger partial charge in [-0.15, -0.1) is 0 Å². The lowest BCUT2D eigenvalue weighted by Gasteiger charge is -2.22. The summed E-state index contributed by atoms with van der Waals surface area (Å²) in [6, 6.07) is 6.49. The maximum atomic E-state index is 12.0. The zero-order chi connectivity index (χ0) is 16.2. The zero-order valence-corrected chi connectivity index (χ0v) is 13.8. The number of halogens is 1. The molecule has 2 rings (SSSR count). The molecule has 1 amide bonds. The van der Waals surface area contributed by atoms with Gasteiger partial charge in [0.1, 0.15) is 6.54 Å². The predicted octanol–water partition coefficient (Wildman–Crippen LogP) is 2.15. The predicted molar refractivity (Wildman–Crippen MR) is 87.7 cm³/mol. The molecule has 1 aromatic rings. The summed E-state index contributed by atoms with van der Waals surface area (Å²) in [5, 5.41) is 4.30. The third-order valence-electron chi connectivity index (χ3n) is 3.33. The molecule has 8 heteroatoms. The Morgan fingerprint density at radius 3 is 2.55 bits per heavy atom. The van der Waals surface area contributed by atoms with E-state index < -0.39 is 15.9 Å². The van der Waals surface area contributed by atoms with Crippen molar-refractivity contribution in [1.29, 1.82) is 0 Å². The second kappa shape index (κ2) is 7.11. The van der Waals surface area contributed by atoms with Crippen LogP contribution in [-0.2, 0) is 14.8 Å². The quantitative estimate of drug-likeness (QED) is 0.832. The highest BCUT2D eigenvalue weighted by Crippen LogP contribution is 2.26. The Kier molecular flexibility index (Phi) is 5.42. The van der Waals surface area contributed by atoms with Crippen molar-refractivity contribution in [2.75, 3.05) is 17.1 Å². The molecule has 0 aromatic heterocycles. The lowest BCUT2D eigenvalue weighted by atomic mass is 10.3. The third-order valence-corrected chi connectivity index (χ3v) is 4.77. The van der Waals surface area contributed by atoms with Gasteiger partial charge in [0.05, 0.1) is 17.0 Å². The Labute approximate surface area is 135 Å². The fourth-order valence-electron chi connectivity index (χ4n) is 2.24. The summed E-state index contributed by atoms with van der Waals surface area (Å²) >= 11 is 6.02. The Bertz CT molecular complexity index is 680. The number of hydrazone groups is 1. The van der Waals surface area contributed by atoms with Crippen molar-refractivity contribution in [3.05, 3.63) is 29.3 Å². The van der Waals surface area contributed by atoms with E-state index in [-0.39, 0.29) is 17.3 Å². The number of carbonyl (C=O) groups is 1. The molecule has 1 N–H and O–H groups in total. The first-order chi connectivity index (χ1) is 10.4. The molecule has 0 atom stereocenters. The van der Waals surface area contributed by atoms with Crippen LogP contribution in [0.2, 0.25) is 5.02 Å². The van der Waals surface area contributed by atoms with Crippen LogP contribution in [-0.4, -0.2) is 32.8 Å². The molecule has 0 saturated heterocycles. The summed E-state index contributed by atoms with van der Waals surface area (Å²) < 4.78 is 24.8. The number of rotatable bonds is 5. The summed E-state index contributed by atoms with van der Waals surface area (Å²) in [6.07, 6.45) is 4.93. The number of carbonyl (C=O) groups excluding carboxylic acids is 1. The molecule has 6 nitrogen and oxygen atoms in total. The van der Waals surface area contributed by atoms with Gasteiger partial charge in [-0.2, -0.15) is 5.10 Å². The van der Waals surface area contributed by atoms with Crippen LogP contribution in [0.15, 0.2) is 29.4 Å². The van der Waals surface area contributed by atoms with E-state index in [1.165, 1.54) is 0 Å². The first-order valence-corrected chi connectivity index (χ1v) is 9.17. The topological polar surface area (TPSA) is 78.8 Å². The molecule has 0 spiro atoms. The molecule has 1 saturated carbocycles. The summed E-state index contributed by atoms with van der Waals surface area (Å²) in [5.74, 6) is -0.496. The highest BCUT2D eigenvalue weighted by molar-refractivity contribution is 7.92. The normalized spacial score (nSPS) is 14.7. The molecule has 22 heavy (non-hydrogen) atoms. The molecule has 0 aliphatic heterocycles. The van der Waals surface area contributed by atoms with Crippen LogP contribution in [0.5, 0.6) is 0 Å². The number of amides is 1. The first-order valence-electron chi connectivity index (χ1n) is 6.94. The monoisotopic (exact) mass is 343 g/mol. The van der Waals surface area contributed by atoms with Crippen LogP contribution in [0, 0.1) is 0 Å². The Balaban J connectivity index is 2.12. The van der Waals surface area contributed by atoms with Crippen LogP contribution >= 0.6 is 11.6 Å². The molecule has 1 aliphatic rings. The standard InChI is InChI=1S/C14H18ClN3O3S/c1-22(20,21)18(13-9-5-4-8-12(13)15)10-14(19)17-16-11-6-2-3-7-11/h4-5,8-9H,2-3,6-7,10H2,1H3,(H,17,19). The summed E-state index contributed by atoms with van der Waals surface area (Å²) in [4.78, 5) is 12.0. The SMILES string of the molecule is CS(=O)(=O)N(CC(=O)NN=C1CCCC1)c1ccccc1Cl. The fourth-order valence-corrected chi connectivity index (χ4v) is 3.39. The number of anilines is 1. The molecule has 0 heterocycles. The molecule has 120 valence electrons. The van der Waals surface area contributed by atoms with E-state index in [0.717, 1.165) is 42.0 Å². The Morgan fingerprint density at radius 1 is 1.32 bits per heavy atom. The van der Waals surface area contributed by atoms with E-state index >= 15 is 0 Å². The van der Waals surface area contributed by atoms with Crippen molar-refractivity contribution >= 4 is 38.9 Å². The van der Waals surface area contributed by atoms with Gasteiger partial charge in [0.15, 0.2) is 0 Å². The molecule has 0 radical (unpaired) electrons. The molecule has 0 bridgehead atoms. The number of hydrogen-bond donors (Lipinski definition) is 1. The van der Waals surface area contributed by atoms with Gasteiger partial charge in [0.2, 0.25) is 10.0 Å². The highest BCUT2D eigenvalue weighted by atomic mass is 35.5. The maximum Gasteiger partial charge on any atom is 0.260 e. The fraction of sp³-hybridized carbons (Fsp3) is 0.429. The van der Waals surface area contributed by atoms with Gasteiger partial charge < -0.3 is 0 Å². The second-order valence-corrected chi connectivity index (χ2v) is 7.46. The highest BCUT2D eigenvalue weighted by Gasteiger charge is 2.22. The number of benzene rings is 1. The van der Waals surface area contributed by atoms with E-state index in [1.54, 1.807) is 24.3 Å². The van der Waals surface area contributed by atoms with E-state index in [2.05, 4.69) is 10.5 Å². The average molecular weight is 344 g/mol. The van der Waals surface area contributed by atoms with E-state index in [9.17, 15) is 13.2 Å². The second-order valence-electron chi connectivity index (χ2n) is 5.14. The van der Waals surface area contributed by atoms with Gasteiger partial charge in [-0.1, -0.05) is 23.7 Å². The largest absolute Gasteiger partial charge is 0.271 e. The number of hydrogen-bond acceptors (Lipinski definition) is 4. The van der Waals surface area contributed by atoms with Gasteiger partial charge in [-0.3, -0.25) is 9.10 Å². The van der Waals surface area contributed by atoms with Crippen molar-refractivity contribution < 1.29 is 13.2 Å². The number of nitrogens with one attached hydrogen (secondary N) is 1. The van der Waals surface area contributed by atoms with E-state index in [1.807, 2.05) is 0 Å². The van der Waals surface area contributed by atoms with Crippen molar-refractivity contribution in [1.82, 2.24) is 5.43 Å². The van der Waals surface area contributed by atoms with Crippen LogP contribution < -0.4 is 9.73 Å². The number of nitrogens with zero attached hydrogens (tertiary/aromatic N) is 2. The van der Waals surface area contributed by atoms with Crippen LogP contribution in [0.1, 0.15) is 25.7 Å². The average Bonchev–Trinajstić information content (AvgIpc) is 2.95. The minimum atomic E-state index is -3.63. The molecular formula is C14H18ClN3O3S. The van der Waals surface area contributed by atoms with Crippen molar-refractivity contribution in [2.45, 2.75) is 25.7 Å². The van der Waals surface area contributed by atoms with Crippen molar-refractivity contribution in [3.63, 3.8) is 0 Å². The zero-order valence-electron chi connectivity index (χ0n) is 12.3. The van der Waals surface area contributed by atoms with Crippen molar-refractivity contribution in [2.24, 2.45) is 5.10 Å². The van der Waals surface area contributed by atoms with Gasteiger partial charge in [0, 0.05) is 5.71 Å². The Morgan fingerprint density at radius 2 is 1.95 bits per heavy atom. The maximum absolute atomic E-state index is 12.0. The molecular weight excluding hydrogens is 326 g/mol. The van der Waals surface area contributed by atoms with Gasteiger partial charge in [0.25, 0.3) is 5.91 Å². The van der Waals surface area contributed by atoms with Crippen LogP contribution in [0.3, 0.4) is 0 Å². The summed E-state index contributed by atoms with van der Waals surface area (Å²) in [6.45, 7) is -0.362.